The zero-order valence-corrected chi connectivity index (χ0v) is 22.6. The van der Waals surface area contributed by atoms with E-state index in [0.29, 0.717) is 5.56 Å². The van der Waals surface area contributed by atoms with E-state index < -0.39 is 38.9 Å². The number of imide groups is 1. The van der Waals surface area contributed by atoms with Gasteiger partial charge in [0.1, 0.15) is 5.82 Å². The van der Waals surface area contributed by atoms with Crippen molar-refractivity contribution in [3.63, 3.8) is 0 Å². The van der Waals surface area contributed by atoms with Gasteiger partial charge in [0, 0.05) is 32.1 Å². The summed E-state index contributed by atoms with van der Waals surface area (Å²) in [6.07, 6.45) is 2.05. The molecule has 2 aromatic rings. The monoisotopic (exact) mass is 575 g/mol. The molecule has 3 amide bonds. The minimum atomic E-state index is -3.97. The summed E-state index contributed by atoms with van der Waals surface area (Å²) in [7, 11) is -2.80. The Bertz CT molecular complexity index is 1420. The van der Waals surface area contributed by atoms with E-state index >= 15 is 0 Å². The Morgan fingerprint density at radius 2 is 1.77 bits per heavy atom. The number of esters is 1. The summed E-state index contributed by atoms with van der Waals surface area (Å²) in [5.74, 6) is -2.40. The lowest BCUT2D eigenvalue weighted by molar-refractivity contribution is -0.127. The summed E-state index contributed by atoms with van der Waals surface area (Å²) in [4.78, 5) is 50.8. The average molecular weight is 576 g/mol. The van der Waals surface area contributed by atoms with Crippen LogP contribution in [0.2, 0.25) is 0 Å². The number of hydrogen-bond acceptors (Lipinski definition) is 8. The summed E-state index contributed by atoms with van der Waals surface area (Å²) < 4.78 is 45.4. The third-order valence-corrected chi connectivity index (χ3v) is 9.28. The molecule has 2 saturated heterocycles. The number of nitrogens with one attached hydrogen (secondary N) is 1. The number of nitrogens with zero attached hydrogens (tertiary/aromatic N) is 2. The van der Waals surface area contributed by atoms with Crippen molar-refractivity contribution < 1.29 is 36.7 Å². The highest BCUT2D eigenvalue weighted by atomic mass is 32.2. The minimum Gasteiger partial charge on any atom is -0.465 e. The second kappa shape index (κ2) is 12.1. The van der Waals surface area contributed by atoms with Gasteiger partial charge < -0.3 is 10.1 Å². The number of thioether (sulfide) groups is 1. The summed E-state index contributed by atoms with van der Waals surface area (Å²) in [5, 5.41) is 2.26. The number of rotatable bonds is 8. The van der Waals surface area contributed by atoms with Gasteiger partial charge in [0.15, 0.2) is 0 Å². The molecule has 2 fully saturated rings. The number of ether oxygens (including phenoxy) is 1. The fraction of sp³-hybridized carbons (Fsp3) is 0.308. The quantitative estimate of drug-likeness (QED) is 0.376. The predicted octanol–water partition coefficient (Wildman–Crippen LogP) is 2.87. The molecule has 0 radical (unpaired) electrons. The molecule has 4 rings (SSSR count). The molecule has 0 aromatic heterocycles. The van der Waals surface area contributed by atoms with E-state index in [4.69, 9.17) is 4.74 Å². The van der Waals surface area contributed by atoms with Crippen molar-refractivity contribution in [2.45, 2.75) is 17.7 Å². The molecule has 10 nitrogen and oxygen atoms in total. The Morgan fingerprint density at radius 1 is 1.10 bits per heavy atom. The standard InChI is InChI=1S/C26H26FN3O7S2/c1-37-25(33)20-4-2-3-5-22(20)39(35,36)29-13-10-18(11-14-29)23(31)28-12-15-30-24(32)21(38-26(30)34)16-17-6-8-19(27)9-7-17/h2-9,16,18H,10-15H2,1H3,(H,28,31)/b21-16+. The second-order valence-electron chi connectivity index (χ2n) is 8.84. The van der Waals surface area contributed by atoms with Crippen molar-refractivity contribution in [2.75, 3.05) is 33.3 Å². The maximum atomic E-state index is 13.2. The fourth-order valence-corrected chi connectivity index (χ4v) is 6.82. The van der Waals surface area contributed by atoms with Gasteiger partial charge in [-0.25, -0.2) is 17.6 Å². The largest absolute Gasteiger partial charge is 0.465 e. The van der Waals surface area contributed by atoms with E-state index in [1.807, 2.05) is 0 Å². The van der Waals surface area contributed by atoms with Gasteiger partial charge in [0.25, 0.3) is 11.1 Å². The first-order valence-corrected chi connectivity index (χ1v) is 14.3. The third-order valence-electron chi connectivity index (χ3n) is 6.41. The third kappa shape index (κ3) is 6.37. The molecule has 2 aromatic carbocycles. The number of halogens is 1. The first-order valence-electron chi connectivity index (χ1n) is 12.1. The Morgan fingerprint density at radius 3 is 2.44 bits per heavy atom. The average Bonchev–Trinajstić information content (AvgIpc) is 3.21. The highest BCUT2D eigenvalue weighted by Gasteiger charge is 2.36. The normalized spacial score (nSPS) is 18.0. The van der Waals surface area contributed by atoms with Crippen LogP contribution in [0.25, 0.3) is 6.08 Å². The van der Waals surface area contributed by atoms with Crippen LogP contribution in [0.4, 0.5) is 9.18 Å². The Labute approximate surface area is 229 Å². The van der Waals surface area contributed by atoms with Gasteiger partial charge in [-0.15, -0.1) is 0 Å². The van der Waals surface area contributed by atoms with E-state index in [0.717, 1.165) is 16.7 Å². The fourth-order valence-electron chi connectivity index (χ4n) is 4.31. The van der Waals surface area contributed by atoms with E-state index in [9.17, 15) is 32.0 Å². The van der Waals surface area contributed by atoms with Gasteiger partial charge in [-0.05, 0) is 60.5 Å². The molecule has 0 unspecified atom stereocenters. The number of sulfonamides is 1. The lowest BCUT2D eigenvalue weighted by Gasteiger charge is -2.31. The first-order chi connectivity index (χ1) is 18.6. The highest BCUT2D eigenvalue weighted by Crippen LogP contribution is 2.32. The molecule has 0 spiro atoms. The summed E-state index contributed by atoms with van der Waals surface area (Å²) in [5.41, 5.74) is 0.525. The van der Waals surface area contributed by atoms with Crippen molar-refractivity contribution in [1.29, 1.82) is 0 Å². The van der Waals surface area contributed by atoms with Crippen LogP contribution in [0.3, 0.4) is 0 Å². The number of piperidine rings is 1. The number of carbonyl (C=O) groups is 4. The molecular weight excluding hydrogens is 549 g/mol. The van der Waals surface area contributed by atoms with E-state index in [1.54, 1.807) is 6.07 Å². The molecule has 2 aliphatic rings. The van der Waals surface area contributed by atoms with Crippen molar-refractivity contribution in [1.82, 2.24) is 14.5 Å². The number of carbonyl (C=O) groups excluding carboxylic acids is 4. The molecule has 0 atom stereocenters. The molecular formula is C26H26FN3O7S2. The van der Waals surface area contributed by atoms with Crippen LogP contribution in [-0.4, -0.2) is 73.9 Å². The molecule has 2 aliphatic heterocycles. The van der Waals surface area contributed by atoms with Crippen LogP contribution >= 0.6 is 11.8 Å². The Kier molecular flexibility index (Phi) is 8.83. The minimum absolute atomic E-state index is 0.0191. The van der Waals surface area contributed by atoms with Gasteiger partial charge in [-0.3, -0.25) is 19.3 Å². The van der Waals surface area contributed by atoms with Gasteiger partial charge >= 0.3 is 5.97 Å². The zero-order valence-electron chi connectivity index (χ0n) is 21.0. The maximum absolute atomic E-state index is 13.2. The molecule has 0 aliphatic carbocycles. The van der Waals surface area contributed by atoms with Crippen LogP contribution in [0.5, 0.6) is 0 Å². The molecule has 0 bridgehead atoms. The molecule has 0 saturated carbocycles. The topological polar surface area (TPSA) is 130 Å². The zero-order chi connectivity index (χ0) is 28.2. The second-order valence-corrected chi connectivity index (χ2v) is 11.7. The van der Waals surface area contributed by atoms with Crippen molar-refractivity contribution in [3.8, 4) is 0 Å². The van der Waals surface area contributed by atoms with Crippen LogP contribution < -0.4 is 5.32 Å². The van der Waals surface area contributed by atoms with Gasteiger partial charge in [0.05, 0.1) is 22.5 Å². The van der Waals surface area contributed by atoms with Crippen molar-refractivity contribution in [3.05, 3.63) is 70.4 Å². The lowest BCUT2D eigenvalue weighted by atomic mass is 9.97. The van der Waals surface area contributed by atoms with E-state index in [1.165, 1.54) is 60.0 Å². The van der Waals surface area contributed by atoms with Crippen LogP contribution in [0.1, 0.15) is 28.8 Å². The van der Waals surface area contributed by atoms with Gasteiger partial charge in [-0.1, -0.05) is 24.3 Å². The summed E-state index contributed by atoms with van der Waals surface area (Å²) >= 11 is 0.773. The van der Waals surface area contributed by atoms with Gasteiger partial charge in [0.2, 0.25) is 15.9 Å². The number of amides is 3. The van der Waals surface area contributed by atoms with Crippen LogP contribution in [-0.2, 0) is 24.3 Å². The lowest BCUT2D eigenvalue weighted by Crippen LogP contribution is -2.44. The molecule has 1 N–H and O–H groups in total. The smallest absolute Gasteiger partial charge is 0.339 e. The van der Waals surface area contributed by atoms with Gasteiger partial charge in [-0.2, -0.15) is 4.31 Å². The Hall–Kier alpha value is -3.55. The van der Waals surface area contributed by atoms with Crippen molar-refractivity contribution in [2.24, 2.45) is 5.92 Å². The predicted molar refractivity (Wildman–Crippen MR) is 141 cm³/mol. The van der Waals surface area contributed by atoms with Crippen molar-refractivity contribution >= 4 is 50.9 Å². The number of benzene rings is 2. The molecule has 13 heteroatoms. The maximum Gasteiger partial charge on any atom is 0.339 e. The SMILES string of the molecule is COC(=O)c1ccccc1S(=O)(=O)N1CCC(C(=O)NCCN2C(=O)S/C(=C/c3ccc(F)cc3)C2=O)CC1. The molecule has 39 heavy (non-hydrogen) atoms. The molecule has 2 heterocycles. The number of hydrogen-bond donors (Lipinski definition) is 1. The van der Waals surface area contributed by atoms with E-state index in [-0.39, 0.29) is 60.3 Å². The first kappa shape index (κ1) is 28.5. The van der Waals surface area contributed by atoms with Crippen LogP contribution in [0.15, 0.2) is 58.3 Å². The van der Waals surface area contributed by atoms with E-state index in [2.05, 4.69) is 5.32 Å². The highest BCUT2D eigenvalue weighted by molar-refractivity contribution is 8.18. The Balaban J connectivity index is 1.29. The van der Waals surface area contributed by atoms with Crippen LogP contribution in [0, 0.1) is 11.7 Å². The molecule has 206 valence electrons. The summed E-state index contributed by atoms with van der Waals surface area (Å²) in [6, 6.07) is 11.3. The summed E-state index contributed by atoms with van der Waals surface area (Å²) in [6.45, 7) is 0.209. The number of methoxy groups -OCH3 is 1.